The maximum Gasteiger partial charge on any atom is 0.341 e. The predicted molar refractivity (Wildman–Crippen MR) is 208 cm³/mol. The van der Waals surface area contributed by atoms with Crippen molar-refractivity contribution >= 4 is 36.9 Å². The van der Waals surface area contributed by atoms with E-state index < -0.39 is 20.0 Å². The van der Waals surface area contributed by atoms with Gasteiger partial charge in [-0.05, 0) is 109 Å². The summed E-state index contributed by atoms with van der Waals surface area (Å²) in [6.45, 7) is 22.8. The molecule has 2 aromatic rings. The lowest BCUT2D eigenvalue weighted by atomic mass is 9.89. The van der Waals surface area contributed by atoms with Gasteiger partial charge in [-0.1, -0.05) is 85.2 Å². The Morgan fingerprint density at radius 2 is 1.80 bits per heavy atom. The van der Waals surface area contributed by atoms with Crippen LogP contribution >= 0.6 is 22.6 Å². The molecule has 0 aromatic heterocycles. The van der Waals surface area contributed by atoms with Gasteiger partial charge in [0, 0.05) is 11.5 Å². The fraction of sp³-hybridized carbons (Fsp3) is 0.625. The number of ether oxygens (including phenoxy) is 4. The van der Waals surface area contributed by atoms with Gasteiger partial charge in [0.25, 0.3) is 0 Å². The minimum absolute atomic E-state index is 0.0648. The highest BCUT2D eigenvalue weighted by Crippen LogP contribution is 2.45. The van der Waals surface area contributed by atoms with Crippen LogP contribution in [0.4, 0.5) is 0 Å². The average molecular weight is 809 g/mol. The van der Waals surface area contributed by atoms with Gasteiger partial charge in [-0.15, -0.1) is 0 Å². The van der Waals surface area contributed by atoms with E-state index in [9.17, 15) is 9.90 Å². The Hall–Kier alpha value is -1.92. The van der Waals surface area contributed by atoms with Crippen LogP contribution in [0.15, 0.2) is 48.7 Å². The number of esters is 1. The zero-order valence-electron chi connectivity index (χ0n) is 31.6. The fourth-order valence-electron chi connectivity index (χ4n) is 5.84. The monoisotopic (exact) mass is 808 g/mol. The molecule has 7 nitrogen and oxygen atoms in total. The highest BCUT2D eigenvalue weighted by molar-refractivity contribution is 14.1. The molecule has 1 aliphatic rings. The zero-order chi connectivity index (χ0) is 36.4. The number of rotatable bonds is 20. The molecule has 274 valence electrons. The van der Waals surface area contributed by atoms with Gasteiger partial charge >= 0.3 is 5.97 Å². The van der Waals surface area contributed by atoms with Gasteiger partial charge in [-0.25, -0.2) is 4.79 Å². The number of hydrogen-bond donors (Lipinski definition) is 1. The van der Waals surface area contributed by atoms with Crippen molar-refractivity contribution in [3.8, 4) is 11.5 Å². The lowest BCUT2D eigenvalue weighted by Gasteiger charge is -2.36. The Morgan fingerprint density at radius 1 is 1.10 bits per heavy atom. The first-order valence-corrected chi connectivity index (χ1v) is 22.1. The van der Waals surface area contributed by atoms with Crippen molar-refractivity contribution in [3.05, 3.63) is 69.0 Å². The Bertz CT molecular complexity index is 1370. The molecule has 0 saturated carbocycles. The van der Waals surface area contributed by atoms with Crippen LogP contribution in [0.1, 0.15) is 104 Å². The van der Waals surface area contributed by atoms with E-state index in [1.165, 1.54) is 0 Å². The maximum absolute atomic E-state index is 12.7. The summed E-state index contributed by atoms with van der Waals surface area (Å²) >= 11 is 2.37. The molecule has 1 heterocycles. The first-order valence-electron chi connectivity index (χ1n) is 18.1. The maximum atomic E-state index is 12.7. The van der Waals surface area contributed by atoms with E-state index in [4.69, 9.17) is 23.4 Å². The molecule has 0 aliphatic carbocycles. The molecule has 1 fully saturated rings. The summed E-state index contributed by atoms with van der Waals surface area (Å²) in [5, 5.41) is 11.4. The average Bonchev–Trinajstić information content (AvgIpc) is 3.78. The van der Waals surface area contributed by atoms with Crippen molar-refractivity contribution in [2.75, 3.05) is 6.61 Å². The third kappa shape index (κ3) is 11.3. The molecule has 0 radical (unpaired) electrons. The van der Waals surface area contributed by atoms with E-state index in [0.29, 0.717) is 38.6 Å². The molecule has 4 atom stereocenters. The smallest absolute Gasteiger partial charge is 0.341 e. The van der Waals surface area contributed by atoms with Crippen molar-refractivity contribution in [1.82, 2.24) is 0 Å². The second-order valence-corrected chi connectivity index (χ2v) is 21.1. The molecule has 2 aromatic carbocycles. The molecular formula is C40H61IO7Si. The molecule has 0 bridgehead atoms. The highest BCUT2D eigenvalue weighted by Gasteiger charge is 2.62. The summed E-state index contributed by atoms with van der Waals surface area (Å²) < 4.78 is 31.9. The van der Waals surface area contributed by atoms with Crippen molar-refractivity contribution in [2.24, 2.45) is 11.8 Å². The number of aliphatic hydroxyl groups excluding tert-OH is 1. The van der Waals surface area contributed by atoms with Crippen LogP contribution in [-0.4, -0.2) is 43.8 Å². The first-order chi connectivity index (χ1) is 23.1. The van der Waals surface area contributed by atoms with Gasteiger partial charge in [-0.3, -0.25) is 0 Å². The van der Waals surface area contributed by atoms with Gasteiger partial charge in [0.1, 0.15) is 18.1 Å². The van der Waals surface area contributed by atoms with E-state index >= 15 is 0 Å². The van der Waals surface area contributed by atoms with Gasteiger partial charge in [0.2, 0.25) is 0 Å². The molecule has 2 unspecified atom stereocenters. The topological polar surface area (TPSA) is 86.8 Å². The number of carbonyl (C=O) groups excluding carboxylic acids is 1. The molecule has 0 spiro atoms. The summed E-state index contributed by atoms with van der Waals surface area (Å²) in [5.41, 5.74) is 2.28. The molecule has 0 amide bonds. The minimum atomic E-state index is -2.06. The highest BCUT2D eigenvalue weighted by atomic mass is 127. The fourth-order valence-corrected chi connectivity index (χ4v) is 7.46. The molecule has 1 aliphatic heterocycles. The predicted octanol–water partition coefficient (Wildman–Crippen LogP) is 10.2. The van der Waals surface area contributed by atoms with Gasteiger partial charge < -0.3 is 28.5 Å². The number of halogens is 1. The van der Waals surface area contributed by atoms with Gasteiger partial charge in [0.05, 0.1) is 35.3 Å². The second-order valence-electron chi connectivity index (χ2n) is 15.2. The number of carbonyl (C=O) groups is 1. The summed E-state index contributed by atoms with van der Waals surface area (Å²) in [6.07, 6.45) is 6.99. The van der Waals surface area contributed by atoms with E-state index in [0.717, 1.165) is 57.4 Å². The quantitative estimate of drug-likeness (QED) is 0.0469. The van der Waals surface area contributed by atoms with Gasteiger partial charge in [0.15, 0.2) is 13.9 Å². The lowest BCUT2D eigenvalue weighted by molar-refractivity contribution is -0.150. The van der Waals surface area contributed by atoms with Crippen LogP contribution in [0.3, 0.4) is 0 Å². The number of hydrogen-bond acceptors (Lipinski definition) is 7. The normalized spacial score (nSPS) is 19.2. The van der Waals surface area contributed by atoms with Crippen LogP contribution in [0.2, 0.25) is 18.1 Å². The van der Waals surface area contributed by atoms with Crippen molar-refractivity contribution in [3.63, 3.8) is 0 Å². The largest absolute Gasteiger partial charge is 0.488 e. The summed E-state index contributed by atoms with van der Waals surface area (Å²) in [7, 11) is -2.06. The van der Waals surface area contributed by atoms with Crippen LogP contribution in [0.25, 0.3) is 0 Å². The summed E-state index contributed by atoms with van der Waals surface area (Å²) in [6, 6.07) is 12.3. The Labute approximate surface area is 310 Å². The number of epoxide rings is 1. The standard InChI is InChI=1S/C40H61IO7Si/c1-11-17-30(33(42)20-22-40(35(12-2)48-40)38(43)44-13-3)21-23-45-34-25-31(24-28(4)5)37(46-26-29-18-15-14-16-19-29)32(36(34)41)27-47-49(9,10)39(6,7)8/h14-16,18-19,21,23,25,28,30,33,35,42H,11-13,17,20,22,24,26-27H2,1-10H3/b23-21+/t30?,33?,35-,40+/m1/s1. The second kappa shape index (κ2) is 18.5. The van der Waals surface area contributed by atoms with Crippen LogP contribution in [0.5, 0.6) is 11.5 Å². The Morgan fingerprint density at radius 3 is 2.37 bits per heavy atom. The van der Waals surface area contributed by atoms with E-state index in [1.807, 2.05) is 31.2 Å². The van der Waals surface area contributed by atoms with Crippen molar-refractivity contribution < 1.29 is 33.3 Å². The summed E-state index contributed by atoms with van der Waals surface area (Å²) in [4.78, 5) is 12.7. The van der Waals surface area contributed by atoms with E-state index in [2.05, 4.69) is 95.4 Å². The third-order valence-corrected chi connectivity index (χ3v) is 15.5. The lowest BCUT2D eigenvalue weighted by Crippen LogP contribution is -2.40. The summed E-state index contributed by atoms with van der Waals surface area (Å²) in [5.74, 6) is 1.57. The molecule has 1 N–H and O–H groups in total. The zero-order valence-corrected chi connectivity index (χ0v) is 34.7. The molecule has 1 saturated heterocycles. The van der Waals surface area contributed by atoms with E-state index in [-0.39, 0.29) is 23.0 Å². The minimum Gasteiger partial charge on any atom is -0.488 e. The Balaban J connectivity index is 1.90. The SMILES string of the molecule is CCCC(/C=C/Oc1cc(CC(C)C)c(OCc2ccccc2)c(CO[Si](C)(C)C(C)(C)C)c1I)C(O)CC[C@]1(C(=O)OCC)O[C@@H]1CC. The van der Waals surface area contributed by atoms with Crippen LogP contribution < -0.4 is 9.47 Å². The van der Waals surface area contributed by atoms with Crippen molar-refractivity contribution in [1.29, 1.82) is 0 Å². The number of aliphatic hydroxyl groups is 1. The Kier molecular flexibility index (Phi) is 15.7. The number of benzene rings is 2. The van der Waals surface area contributed by atoms with Crippen LogP contribution in [0, 0.1) is 15.4 Å². The molecule has 9 heteroatoms. The van der Waals surface area contributed by atoms with Crippen molar-refractivity contribution in [2.45, 2.75) is 143 Å². The molecule has 49 heavy (non-hydrogen) atoms. The molecular weight excluding hydrogens is 747 g/mol. The molecule has 3 rings (SSSR count). The van der Waals surface area contributed by atoms with Gasteiger partial charge in [-0.2, -0.15) is 0 Å². The third-order valence-electron chi connectivity index (χ3n) is 9.85. The first kappa shape index (κ1) is 41.5. The van der Waals surface area contributed by atoms with Crippen LogP contribution in [-0.2, 0) is 38.3 Å². The van der Waals surface area contributed by atoms with E-state index in [1.54, 1.807) is 13.2 Å².